The Kier molecular flexibility index (Phi) is 6.43. The molecule has 0 atom stereocenters. The number of aromatic nitrogens is 2. The predicted octanol–water partition coefficient (Wildman–Crippen LogP) is 5.18. The molecule has 8 nitrogen and oxygen atoms in total. The lowest BCUT2D eigenvalue weighted by Gasteiger charge is -2.30. The van der Waals surface area contributed by atoms with Crippen molar-refractivity contribution in [2.45, 2.75) is 18.9 Å². The molecule has 1 aliphatic heterocycles. The van der Waals surface area contributed by atoms with E-state index < -0.39 is 6.09 Å². The van der Waals surface area contributed by atoms with E-state index in [0.717, 1.165) is 16.5 Å². The van der Waals surface area contributed by atoms with E-state index in [1.165, 1.54) is 19.1 Å². The molecule has 4 rings (SSSR count). The summed E-state index contributed by atoms with van der Waals surface area (Å²) in [6.07, 6.45) is 2.28. The Hall–Kier alpha value is -2.97. The summed E-state index contributed by atoms with van der Waals surface area (Å²) in [7, 11) is 3.07. The highest BCUT2D eigenvalue weighted by atomic mass is 35.5. The van der Waals surface area contributed by atoms with Gasteiger partial charge in [-0.1, -0.05) is 29.3 Å². The molecule has 2 aromatic carbocycles. The average molecular weight is 477 g/mol. The summed E-state index contributed by atoms with van der Waals surface area (Å²) < 4.78 is 10.7. The van der Waals surface area contributed by atoms with Crippen LogP contribution in [-0.4, -0.2) is 59.4 Å². The smallest absolute Gasteiger partial charge is 0.407 e. The summed E-state index contributed by atoms with van der Waals surface area (Å²) in [6, 6.07) is 7.46. The second-order valence-electron chi connectivity index (χ2n) is 7.44. The molecular weight excluding hydrogens is 455 g/mol. The number of benzene rings is 2. The first-order valence-corrected chi connectivity index (χ1v) is 10.8. The van der Waals surface area contributed by atoms with Gasteiger partial charge in [-0.25, -0.2) is 14.8 Å². The molecule has 32 heavy (non-hydrogen) atoms. The quantitative estimate of drug-likeness (QED) is 0.523. The van der Waals surface area contributed by atoms with Crippen LogP contribution in [0, 0.1) is 0 Å². The maximum absolute atomic E-state index is 11.1. The molecular formula is C22H22Cl2N4O4. The van der Waals surface area contributed by atoms with Crippen LogP contribution in [0.5, 0.6) is 11.5 Å². The van der Waals surface area contributed by atoms with Crippen molar-refractivity contribution in [3.05, 3.63) is 40.5 Å². The Morgan fingerprint density at radius 3 is 2.38 bits per heavy atom. The Morgan fingerprint density at radius 1 is 1.12 bits per heavy atom. The van der Waals surface area contributed by atoms with E-state index in [4.69, 9.17) is 37.8 Å². The molecule has 0 spiro atoms. The van der Waals surface area contributed by atoms with Crippen molar-refractivity contribution in [2.24, 2.45) is 0 Å². The molecule has 0 bridgehead atoms. The van der Waals surface area contributed by atoms with E-state index in [9.17, 15) is 4.79 Å². The third kappa shape index (κ3) is 4.33. The fourth-order valence-corrected chi connectivity index (χ4v) is 4.51. The zero-order chi connectivity index (χ0) is 22.8. The van der Waals surface area contributed by atoms with Gasteiger partial charge in [0.15, 0.2) is 0 Å². The van der Waals surface area contributed by atoms with Gasteiger partial charge in [-0.3, -0.25) is 0 Å². The van der Waals surface area contributed by atoms with E-state index in [2.05, 4.69) is 15.3 Å². The highest BCUT2D eigenvalue weighted by Gasteiger charge is 2.23. The highest BCUT2D eigenvalue weighted by molar-refractivity contribution is 6.41. The molecule has 1 saturated heterocycles. The van der Waals surface area contributed by atoms with Crippen molar-refractivity contribution in [2.75, 3.05) is 32.6 Å². The van der Waals surface area contributed by atoms with Crippen molar-refractivity contribution in [3.8, 4) is 22.6 Å². The Bertz CT molecular complexity index is 1140. The standard InChI is InChI=1S/C22H22Cl2N4O4/c1-31-16-10-17(32-2)20(24)18(19(16)23)12-3-4-15-13(9-12)11-25-21(27-15)26-14-5-7-28(8-6-14)22(29)30/h3-4,9-11,14H,5-8H2,1-2H3,(H,29,30)(H,25,26,27). The lowest BCUT2D eigenvalue weighted by Crippen LogP contribution is -2.41. The molecule has 1 fully saturated rings. The van der Waals surface area contributed by atoms with Gasteiger partial charge in [-0.15, -0.1) is 0 Å². The van der Waals surface area contributed by atoms with Gasteiger partial charge >= 0.3 is 6.09 Å². The lowest BCUT2D eigenvalue weighted by molar-refractivity contribution is 0.133. The number of halogens is 2. The number of anilines is 1. The van der Waals surface area contributed by atoms with Gasteiger partial charge in [0.2, 0.25) is 5.95 Å². The number of amides is 1. The second-order valence-corrected chi connectivity index (χ2v) is 8.20. The third-order valence-corrected chi connectivity index (χ3v) is 6.29. The van der Waals surface area contributed by atoms with Crippen LogP contribution in [-0.2, 0) is 0 Å². The summed E-state index contributed by atoms with van der Waals surface area (Å²) in [6.45, 7) is 0.991. The molecule has 2 N–H and O–H groups in total. The van der Waals surface area contributed by atoms with Gasteiger partial charge < -0.3 is 24.8 Å². The summed E-state index contributed by atoms with van der Waals surface area (Å²) >= 11 is 13.1. The monoisotopic (exact) mass is 476 g/mol. The molecule has 1 aromatic heterocycles. The van der Waals surface area contributed by atoms with Crippen LogP contribution in [0.4, 0.5) is 10.7 Å². The first-order chi connectivity index (χ1) is 15.4. The van der Waals surface area contributed by atoms with E-state index >= 15 is 0 Å². The average Bonchev–Trinajstić information content (AvgIpc) is 2.80. The van der Waals surface area contributed by atoms with Crippen LogP contribution in [0.15, 0.2) is 30.5 Å². The number of nitrogens with zero attached hydrogens (tertiary/aromatic N) is 3. The van der Waals surface area contributed by atoms with Gasteiger partial charge in [-0.05, 0) is 30.5 Å². The number of carboxylic acid groups (broad SMARTS) is 1. The number of likely N-dealkylation sites (tertiary alicyclic amines) is 1. The van der Waals surface area contributed by atoms with Crippen molar-refractivity contribution >= 4 is 46.1 Å². The van der Waals surface area contributed by atoms with Gasteiger partial charge in [0, 0.05) is 42.3 Å². The number of hydrogen-bond donors (Lipinski definition) is 2. The number of nitrogens with one attached hydrogen (secondary N) is 1. The van der Waals surface area contributed by atoms with Crippen LogP contribution in [0.3, 0.4) is 0 Å². The number of carbonyl (C=O) groups is 1. The summed E-state index contributed by atoms with van der Waals surface area (Å²) in [4.78, 5) is 21.5. The van der Waals surface area contributed by atoms with Crippen LogP contribution >= 0.6 is 23.2 Å². The normalized spacial score (nSPS) is 14.4. The number of hydrogen-bond acceptors (Lipinski definition) is 6. The second kappa shape index (κ2) is 9.26. The number of fused-ring (bicyclic) bond motifs is 1. The topological polar surface area (TPSA) is 96.8 Å². The van der Waals surface area contributed by atoms with Gasteiger partial charge in [0.1, 0.15) is 11.5 Å². The molecule has 2 heterocycles. The lowest BCUT2D eigenvalue weighted by atomic mass is 10.0. The Labute approximate surface area is 195 Å². The summed E-state index contributed by atoms with van der Waals surface area (Å²) in [5.41, 5.74) is 2.16. The predicted molar refractivity (Wildman–Crippen MR) is 124 cm³/mol. The van der Waals surface area contributed by atoms with Gasteiger partial charge in [0.05, 0.1) is 29.8 Å². The number of rotatable bonds is 5. The maximum Gasteiger partial charge on any atom is 0.407 e. The molecule has 0 radical (unpaired) electrons. The summed E-state index contributed by atoms with van der Waals surface area (Å²) in [5, 5.41) is 14.0. The third-order valence-electron chi connectivity index (χ3n) is 5.54. The molecule has 0 saturated carbocycles. The minimum atomic E-state index is -0.880. The van der Waals surface area contributed by atoms with E-state index in [-0.39, 0.29) is 6.04 Å². The SMILES string of the molecule is COc1cc(OC)c(Cl)c(-c2ccc3nc(NC4CCN(C(=O)O)CC4)ncc3c2)c1Cl. The summed E-state index contributed by atoms with van der Waals surface area (Å²) in [5.74, 6) is 1.44. The number of methoxy groups -OCH3 is 2. The maximum atomic E-state index is 11.1. The highest BCUT2D eigenvalue weighted by Crippen LogP contribution is 2.46. The van der Waals surface area contributed by atoms with E-state index in [1.807, 2.05) is 18.2 Å². The Morgan fingerprint density at radius 2 is 1.78 bits per heavy atom. The molecule has 0 unspecified atom stereocenters. The fraction of sp³-hybridized carbons (Fsp3) is 0.318. The number of ether oxygens (including phenoxy) is 2. The van der Waals surface area contributed by atoms with Crippen LogP contribution in [0.1, 0.15) is 12.8 Å². The number of piperidine rings is 1. The van der Waals surface area contributed by atoms with Gasteiger partial charge in [-0.2, -0.15) is 0 Å². The molecule has 1 amide bonds. The minimum Gasteiger partial charge on any atom is -0.495 e. The van der Waals surface area contributed by atoms with Crippen molar-refractivity contribution < 1.29 is 19.4 Å². The zero-order valence-corrected chi connectivity index (χ0v) is 19.1. The van der Waals surface area contributed by atoms with Crippen LogP contribution in [0.2, 0.25) is 10.0 Å². The molecule has 1 aliphatic rings. The first-order valence-electron chi connectivity index (χ1n) is 10.0. The fourth-order valence-electron chi connectivity index (χ4n) is 3.80. The van der Waals surface area contributed by atoms with Crippen molar-refractivity contribution in [1.29, 1.82) is 0 Å². The minimum absolute atomic E-state index is 0.129. The van der Waals surface area contributed by atoms with Crippen molar-refractivity contribution in [3.63, 3.8) is 0 Å². The van der Waals surface area contributed by atoms with Gasteiger partial charge in [0.25, 0.3) is 0 Å². The van der Waals surface area contributed by atoms with E-state index in [0.29, 0.717) is 59.0 Å². The van der Waals surface area contributed by atoms with Crippen LogP contribution < -0.4 is 14.8 Å². The Balaban J connectivity index is 1.60. The zero-order valence-electron chi connectivity index (χ0n) is 17.6. The van der Waals surface area contributed by atoms with E-state index in [1.54, 1.807) is 12.3 Å². The van der Waals surface area contributed by atoms with Crippen molar-refractivity contribution in [1.82, 2.24) is 14.9 Å². The molecule has 10 heteroatoms. The molecule has 0 aliphatic carbocycles. The molecule has 168 valence electrons. The van der Waals surface area contributed by atoms with Crippen LogP contribution in [0.25, 0.3) is 22.0 Å². The largest absolute Gasteiger partial charge is 0.495 e. The molecule has 3 aromatic rings. The first kappa shape index (κ1) is 22.2.